The molecule has 1 saturated carbocycles. The molecule has 3 N–H and O–H groups in total. The molecule has 0 radical (unpaired) electrons. The first kappa shape index (κ1) is 10.7. The van der Waals surface area contributed by atoms with Gasteiger partial charge >= 0.3 is 7.12 Å². The first-order valence-electron chi connectivity index (χ1n) is 5.27. The number of hydrogen-bond acceptors (Lipinski definition) is 4. The molecule has 0 amide bonds. The molecular formula is C9H15BN2O3. The summed E-state index contributed by atoms with van der Waals surface area (Å²) in [5, 5.41) is 31.7. The molecule has 0 saturated heterocycles. The Kier molecular flexibility index (Phi) is 3.09. The largest absolute Gasteiger partial charge is 0.491 e. The van der Waals surface area contributed by atoms with Gasteiger partial charge < -0.3 is 15.2 Å². The second-order valence-electron chi connectivity index (χ2n) is 4.09. The summed E-state index contributed by atoms with van der Waals surface area (Å²) in [7, 11) is -1.52. The summed E-state index contributed by atoms with van der Waals surface area (Å²) >= 11 is 0. The number of aliphatic hydroxyl groups is 1. The highest BCUT2D eigenvalue weighted by molar-refractivity contribution is 6.58. The van der Waals surface area contributed by atoms with E-state index in [1.54, 1.807) is 0 Å². The predicted molar refractivity (Wildman–Crippen MR) is 55.3 cm³/mol. The van der Waals surface area contributed by atoms with E-state index in [0.717, 1.165) is 25.7 Å². The average molecular weight is 210 g/mol. The van der Waals surface area contributed by atoms with Crippen LogP contribution in [0.15, 0.2) is 12.4 Å². The lowest BCUT2D eigenvalue weighted by Crippen LogP contribution is -2.28. The smallest absolute Gasteiger partial charge is 0.423 e. The number of nitrogens with zero attached hydrogens (tertiary/aromatic N) is 2. The summed E-state index contributed by atoms with van der Waals surface area (Å²) in [6, 6.07) is 0. The fourth-order valence-electron chi connectivity index (χ4n) is 2.10. The van der Waals surface area contributed by atoms with E-state index in [-0.39, 0.29) is 5.92 Å². The van der Waals surface area contributed by atoms with Crippen molar-refractivity contribution in [2.45, 2.75) is 31.9 Å². The third kappa shape index (κ3) is 2.22. The summed E-state index contributed by atoms with van der Waals surface area (Å²) in [4.78, 5) is 0. The molecule has 1 aliphatic rings. The van der Waals surface area contributed by atoms with Crippen LogP contribution >= 0.6 is 0 Å². The van der Waals surface area contributed by atoms with Crippen molar-refractivity contribution in [2.24, 2.45) is 5.92 Å². The summed E-state index contributed by atoms with van der Waals surface area (Å²) in [5.74, 6) is 0.244. The monoisotopic (exact) mass is 210 g/mol. The molecule has 0 spiro atoms. The van der Waals surface area contributed by atoms with Gasteiger partial charge in [0.05, 0.1) is 0 Å². The lowest BCUT2D eigenvalue weighted by molar-refractivity contribution is 0.0326. The van der Waals surface area contributed by atoms with Crippen molar-refractivity contribution in [1.82, 2.24) is 9.78 Å². The van der Waals surface area contributed by atoms with Crippen molar-refractivity contribution in [3.8, 4) is 0 Å². The summed E-state index contributed by atoms with van der Waals surface area (Å²) in [6.45, 7) is 0. The van der Waals surface area contributed by atoms with Crippen LogP contribution in [0.3, 0.4) is 0 Å². The highest BCUT2D eigenvalue weighted by Gasteiger charge is 2.25. The molecule has 82 valence electrons. The van der Waals surface area contributed by atoms with Crippen LogP contribution in [-0.4, -0.2) is 32.1 Å². The number of rotatable bonds is 3. The van der Waals surface area contributed by atoms with Gasteiger partial charge in [-0.15, -0.1) is 0 Å². The van der Waals surface area contributed by atoms with E-state index >= 15 is 0 Å². The van der Waals surface area contributed by atoms with Crippen LogP contribution in [-0.2, 0) is 0 Å². The normalized spacial score (nSPS) is 19.4. The lowest BCUT2D eigenvalue weighted by Gasteiger charge is -2.17. The Labute approximate surface area is 88.5 Å². The Bertz CT molecular complexity index is 323. The molecule has 1 aromatic heterocycles. The van der Waals surface area contributed by atoms with Crippen LogP contribution in [0.4, 0.5) is 0 Å². The van der Waals surface area contributed by atoms with Crippen molar-refractivity contribution in [2.75, 3.05) is 0 Å². The minimum Gasteiger partial charge on any atom is -0.423 e. The quantitative estimate of drug-likeness (QED) is 0.573. The van der Waals surface area contributed by atoms with Crippen molar-refractivity contribution in [3.05, 3.63) is 12.4 Å². The Morgan fingerprint density at radius 2 is 2.07 bits per heavy atom. The zero-order valence-electron chi connectivity index (χ0n) is 8.45. The van der Waals surface area contributed by atoms with Crippen molar-refractivity contribution in [1.29, 1.82) is 0 Å². The molecule has 2 rings (SSSR count). The van der Waals surface area contributed by atoms with Gasteiger partial charge in [0.2, 0.25) is 0 Å². The van der Waals surface area contributed by atoms with E-state index in [4.69, 9.17) is 10.0 Å². The van der Waals surface area contributed by atoms with Gasteiger partial charge in [0.1, 0.15) is 6.23 Å². The Balaban J connectivity index is 2.07. The summed E-state index contributed by atoms with van der Waals surface area (Å²) in [6.07, 6.45) is 6.53. The Morgan fingerprint density at radius 1 is 1.40 bits per heavy atom. The molecule has 1 fully saturated rings. The molecule has 6 heteroatoms. The number of aromatic nitrogens is 2. The van der Waals surface area contributed by atoms with Crippen molar-refractivity contribution < 1.29 is 15.2 Å². The molecular weight excluding hydrogens is 195 g/mol. The van der Waals surface area contributed by atoms with Crippen LogP contribution in [0.2, 0.25) is 0 Å². The van der Waals surface area contributed by atoms with Crippen LogP contribution in [0, 0.1) is 5.92 Å². The summed E-state index contributed by atoms with van der Waals surface area (Å²) in [5.41, 5.74) is 0.312. The first-order chi connectivity index (χ1) is 7.18. The van der Waals surface area contributed by atoms with E-state index in [9.17, 15) is 5.11 Å². The van der Waals surface area contributed by atoms with Crippen LogP contribution in [0.25, 0.3) is 0 Å². The third-order valence-electron chi connectivity index (χ3n) is 3.01. The lowest BCUT2D eigenvalue weighted by atomic mass is 9.83. The second-order valence-corrected chi connectivity index (χ2v) is 4.09. The maximum absolute atomic E-state index is 9.95. The summed E-state index contributed by atoms with van der Waals surface area (Å²) < 4.78 is 1.41. The van der Waals surface area contributed by atoms with E-state index in [2.05, 4.69) is 5.10 Å². The molecule has 0 aliphatic heterocycles. The van der Waals surface area contributed by atoms with Crippen LogP contribution in [0.5, 0.6) is 0 Å². The van der Waals surface area contributed by atoms with Crippen LogP contribution in [0.1, 0.15) is 31.9 Å². The average Bonchev–Trinajstić information content (AvgIpc) is 2.88. The number of aliphatic hydroxyl groups excluding tert-OH is 1. The van der Waals surface area contributed by atoms with Gasteiger partial charge in [-0.1, -0.05) is 12.8 Å². The predicted octanol–water partition coefficient (Wildman–Crippen LogP) is -0.756. The third-order valence-corrected chi connectivity index (χ3v) is 3.01. The molecule has 1 aromatic rings. The molecule has 1 atom stereocenters. The van der Waals surface area contributed by atoms with Crippen molar-refractivity contribution in [3.63, 3.8) is 0 Å². The van der Waals surface area contributed by atoms with E-state index in [0.29, 0.717) is 5.46 Å². The molecule has 1 heterocycles. The minimum atomic E-state index is -1.52. The molecule has 1 aliphatic carbocycles. The zero-order valence-corrected chi connectivity index (χ0v) is 8.45. The zero-order chi connectivity index (χ0) is 10.8. The standard InChI is InChI=1S/C9H15BN2O3/c13-9(7-3-1-2-4-7)12-6-8(5-11-12)10(14)15/h5-7,9,13-15H,1-4H2. The van der Waals surface area contributed by atoms with Gasteiger partial charge in [0.15, 0.2) is 0 Å². The Hall–Kier alpha value is -0.845. The number of hydrogen-bond donors (Lipinski definition) is 3. The first-order valence-corrected chi connectivity index (χ1v) is 5.27. The highest BCUT2D eigenvalue weighted by Crippen LogP contribution is 2.31. The van der Waals surface area contributed by atoms with E-state index < -0.39 is 13.3 Å². The minimum absolute atomic E-state index is 0.244. The maximum Gasteiger partial charge on any atom is 0.491 e. The molecule has 0 bridgehead atoms. The molecule has 5 nitrogen and oxygen atoms in total. The van der Waals surface area contributed by atoms with Gasteiger partial charge in [-0.05, 0) is 12.8 Å². The maximum atomic E-state index is 9.95. The van der Waals surface area contributed by atoms with E-state index in [1.807, 2.05) is 0 Å². The van der Waals surface area contributed by atoms with Gasteiger partial charge in [-0.2, -0.15) is 5.10 Å². The van der Waals surface area contributed by atoms with E-state index in [1.165, 1.54) is 17.1 Å². The van der Waals surface area contributed by atoms with Crippen molar-refractivity contribution >= 4 is 12.6 Å². The molecule has 15 heavy (non-hydrogen) atoms. The van der Waals surface area contributed by atoms with Gasteiger partial charge in [-0.25, -0.2) is 4.68 Å². The molecule has 0 aromatic carbocycles. The second kappa shape index (κ2) is 4.34. The Morgan fingerprint density at radius 3 is 2.60 bits per heavy atom. The SMILES string of the molecule is OB(O)c1cnn(C(O)C2CCCC2)c1. The van der Waals surface area contributed by atoms with Gasteiger partial charge in [0.25, 0.3) is 0 Å². The fourth-order valence-corrected chi connectivity index (χ4v) is 2.10. The molecule has 1 unspecified atom stereocenters. The van der Waals surface area contributed by atoms with Crippen LogP contribution < -0.4 is 5.46 Å². The van der Waals surface area contributed by atoms with Gasteiger partial charge in [-0.3, -0.25) is 0 Å². The fraction of sp³-hybridized carbons (Fsp3) is 0.667. The highest BCUT2D eigenvalue weighted by atomic mass is 16.4. The topological polar surface area (TPSA) is 78.5 Å². The van der Waals surface area contributed by atoms with Gasteiger partial charge in [0, 0.05) is 23.8 Å².